The quantitative estimate of drug-likeness (QED) is 0.815. The van der Waals surface area contributed by atoms with E-state index >= 15 is 0 Å². The zero-order valence-corrected chi connectivity index (χ0v) is 14.0. The predicted octanol–water partition coefficient (Wildman–Crippen LogP) is 4.12. The van der Waals surface area contributed by atoms with Gasteiger partial charge in [0.1, 0.15) is 0 Å². The van der Waals surface area contributed by atoms with Crippen LogP contribution in [-0.2, 0) is 0 Å². The number of aliphatic hydroxyl groups is 1. The van der Waals surface area contributed by atoms with Crippen LogP contribution in [-0.4, -0.2) is 23.3 Å². The van der Waals surface area contributed by atoms with Crippen molar-refractivity contribution in [2.24, 2.45) is 17.3 Å². The van der Waals surface area contributed by atoms with Gasteiger partial charge in [-0.1, -0.05) is 53.4 Å². The molecule has 0 spiro atoms. The lowest BCUT2D eigenvalue weighted by molar-refractivity contribution is -0.0190. The van der Waals surface area contributed by atoms with Crippen LogP contribution >= 0.6 is 0 Å². The highest BCUT2D eigenvalue weighted by atomic mass is 16.3. The largest absolute Gasteiger partial charge is 0.389 e. The van der Waals surface area contributed by atoms with Gasteiger partial charge in [-0.2, -0.15) is 0 Å². The third-order valence-electron chi connectivity index (χ3n) is 5.64. The Morgan fingerprint density at radius 2 is 1.80 bits per heavy atom. The molecular weight excluding hydrogens is 246 g/mol. The van der Waals surface area contributed by atoms with Gasteiger partial charge in [-0.3, -0.25) is 0 Å². The highest BCUT2D eigenvalue weighted by Crippen LogP contribution is 2.38. The molecule has 0 radical (unpaired) electrons. The van der Waals surface area contributed by atoms with E-state index in [1.807, 2.05) is 0 Å². The number of hydrogen-bond donors (Lipinski definition) is 2. The maximum Gasteiger partial charge on any atom is 0.0774 e. The first kappa shape index (κ1) is 16.3. The molecule has 2 aliphatic rings. The van der Waals surface area contributed by atoms with Gasteiger partial charge in [0.15, 0.2) is 0 Å². The number of hydrogen-bond acceptors (Lipinski definition) is 2. The molecule has 2 aliphatic carbocycles. The number of rotatable bonds is 3. The van der Waals surface area contributed by atoms with Crippen LogP contribution in [0.3, 0.4) is 0 Å². The van der Waals surface area contributed by atoms with E-state index < -0.39 is 5.60 Å². The van der Waals surface area contributed by atoms with Crippen molar-refractivity contribution in [3.05, 3.63) is 0 Å². The molecule has 0 heterocycles. The molecule has 4 unspecified atom stereocenters. The summed E-state index contributed by atoms with van der Waals surface area (Å²) in [6, 6.07) is 0.602. The van der Waals surface area contributed by atoms with Gasteiger partial charge < -0.3 is 10.4 Å². The molecule has 0 amide bonds. The van der Waals surface area contributed by atoms with Crippen LogP contribution in [0.2, 0.25) is 0 Å². The Bertz CT molecular complexity index is 309. The first-order chi connectivity index (χ1) is 9.30. The van der Waals surface area contributed by atoms with Gasteiger partial charge in [0.25, 0.3) is 0 Å². The topological polar surface area (TPSA) is 32.3 Å². The van der Waals surface area contributed by atoms with Crippen molar-refractivity contribution in [3.8, 4) is 0 Å². The number of nitrogens with one attached hydrogen (secondary N) is 1. The second-order valence-corrected chi connectivity index (χ2v) is 8.67. The van der Waals surface area contributed by atoms with Crippen LogP contribution in [0.1, 0.15) is 79.1 Å². The summed E-state index contributed by atoms with van der Waals surface area (Å²) in [4.78, 5) is 0. The molecule has 2 rings (SSSR count). The van der Waals surface area contributed by atoms with Crippen molar-refractivity contribution in [2.75, 3.05) is 6.54 Å². The van der Waals surface area contributed by atoms with Crippen LogP contribution in [0, 0.1) is 17.3 Å². The fraction of sp³-hybridized carbons (Fsp3) is 1.00. The third kappa shape index (κ3) is 4.21. The summed E-state index contributed by atoms with van der Waals surface area (Å²) in [6.07, 6.45) is 9.79. The van der Waals surface area contributed by atoms with Crippen molar-refractivity contribution in [1.29, 1.82) is 0 Å². The summed E-state index contributed by atoms with van der Waals surface area (Å²) in [6.45, 7) is 10.2. The Morgan fingerprint density at radius 3 is 2.45 bits per heavy atom. The summed E-state index contributed by atoms with van der Waals surface area (Å²) < 4.78 is 0. The van der Waals surface area contributed by atoms with Gasteiger partial charge in [0.05, 0.1) is 5.60 Å². The molecule has 0 bridgehead atoms. The van der Waals surface area contributed by atoms with Gasteiger partial charge in [-0.05, 0) is 42.9 Å². The molecule has 0 aromatic carbocycles. The molecule has 0 aliphatic heterocycles. The molecule has 20 heavy (non-hydrogen) atoms. The summed E-state index contributed by atoms with van der Waals surface area (Å²) >= 11 is 0. The molecule has 2 saturated carbocycles. The van der Waals surface area contributed by atoms with E-state index in [0.717, 1.165) is 25.3 Å². The Balaban J connectivity index is 1.91. The van der Waals surface area contributed by atoms with Gasteiger partial charge in [-0.15, -0.1) is 0 Å². The van der Waals surface area contributed by atoms with Crippen LogP contribution in [0.5, 0.6) is 0 Å². The van der Waals surface area contributed by atoms with E-state index in [-0.39, 0.29) is 0 Å². The zero-order valence-electron chi connectivity index (χ0n) is 14.0. The first-order valence-electron chi connectivity index (χ1n) is 8.76. The minimum atomic E-state index is -0.447. The first-order valence-corrected chi connectivity index (χ1v) is 8.76. The smallest absolute Gasteiger partial charge is 0.0774 e. The second-order valence-electron chi connectivity index (χ2n) is 8.67. The van der Waals surface area contributed by atoms with E-state index in [1.54, 1.807) is 0 Å². The third-order valence-corrected chi connectivity index (χ3v) is 5.64. The molecule has 0 saturated heterocycles. The molecule has 2 N–H and O–H groups in total. The lowest BCUT2D eigenvalue weighted by Crippen LogP contribution is -2.51. The Kier molecular flexibility index (Phi) is 5.18. The standard InChI is InChI=1S/C18H35NO/c1-14-8-7-11-18(20,12-14)13-19-16-10-6-5-9-15(16)17(2,3)4/h14-16,19-20H,5-13H2,1-4H3. The van der Waals surface area contributed by atoms with Gasteiger partial charge in [0.2, 0.25) is 0 Å². The maximum absolute atomic E-state index is 10.8. The normalized spacial score (nSPS) is 39.8. The summed E-state index contributed by atoms with van der Waals surface area (Å²) in [5.41, 5.74) is -0.0713. The Labute approximate surface area is 125 Å². The highest BCUT2D eigenvalue weighted by Gasteiger charge is 2.37. The average molecular weight is 281 g/mol. The van der Waals surface area contributed by atoms with E-state index in [4.69, 9.17) is 0 Å². The van der Waals surface area contributed by atoms with Crippen LogP contribution in [0.4, 0.5) is 0 Å². The fourth-order valence-corrected chi connectivity index (χ4v) is 4.53. The molecule has 4 atom stereocenters. The lowest BCUT2D eigenvalue weighted by Gasteiger charge is -2.43. The van der Waals surface area contributed by atoms with E-state index in [0.29, 0.717) is 17.4 Å². The molecule has 2 heteroatoms. The van der Waals surface area contributed by atoms with E-state index in [9.17, 15) is 5.11 Å². The van der Waals surface area contributed by atoms with Crippen LogP contribution in [0.15, 0.2) is 0 Å². The minimum Gasteiger partial charge on any atom is -0.389 e. The zero-order chi connectivity index (χ0) is 14.8. The Morgan fingerprint density at radius 1 is 1.10 bits per heavy atom. The minimum absolute atomic E-state index is 0.376. The van der Waals surface area contributed by atoms with Crippen molar-refractivity contribution < 1.29 is 5.11 Å². The van der Waals surface area contributed by atoms with Gasteiger partial charge in [0, 0.05) is 12.6 Å². The summed E-state index contributed by atoms with van der Waals surface area (Å²) in [5, 5.41) is 14.6. The molecule has 0 aromatic heterocycles. The molecule has 2 nitrogen and oxygen atoms in total. The van der Waals surface area contributed by atoms with Crippen molar-refractivity contribution in [3.63, 3.8) is 0 Å². The lowest BCUT2D eigenvalue weighted by atomic mass is 9.69. The molecular formula is C18H35NO. The Hall–Kier alpha value is -0.0800. The fourth-order valence-electron chi connectivity index (χ4n) is 4.53. The van der Waals surface area contributed by atoms with E-state index in [2.05, 4.69) is 33.0 Å². The van der Waals surface area contributed by atoms with Crippen molar-refractivity contribution >= 4 is 0 Å². The summed E-state index contributed by atoms with van der Waals surface area (Å²) in [7, 11) is 0. The predicted molar refractivity (Wildman–Crippen MR) is 85.8 cm³/mol. The van der Waals surface area contributed by atoms with Gasteiger partial charge >= 0.3 is 0 Å². The van der Waals surface area contributed by atoms with Gasteiger partial charge in [-0.25, -0.2) is 0 Å². The maximum atomic E-state index is 10.8. The molecule has 2 fully saturated rings. The highest BCUT2D eigenvalue weighted by molar-refractivity contribution is 4.92. The van der Waals surface area contributed by atoms with Crippen LogP contribution in [0.25, 0.3) is 0 Å². The SMILES string of the molecule is CC1CCCC(O)(CNC2CCCCC2C(C)(C)C)C1. The van der Waals surface area contributed by atoms with E-state index in [1.165, 1.54) is 38.5 Å². The summed E-state index contributed by atoms with van der Waals surface area (Å²) in [5.74, 6) is 1.43. The second kappa shape index (κ2) is 6.36. The molecule has 118 valence electrons. The van der Waals surface area contributed by atoms with Crippen molar-refractivity contribution in [2.45, 2.75) is 90.7 Å². The van der Waals surface area contributed by atoms with Crippen LogP contribution < -0.4 is 5.32 Å². The van der Waals surface area contributed by atoms with Crippen molar-refractivity contribution in [1.82, 2.24) is 5.32 Å². The monoisotopic (exact) mass is 281 g/mol. The average Bonchev–Trinajstić information content (AvgIpc) is 2.35. The molecule has 0 aromatic rings.